The monoisotopic (exact) mass is 423 g/mol. The molecule has 1 aliphatic carbocycles. The molecule has 1 aromatic rings. The molecule has 1 aliphatic heterocycles. The van der Waals surface area contributed by atoms with Gasteiger partial charge in [0.1, 0.15) is 6.54 Å². The summed E-state index contributed by atoms with van der Waals surface area (Å²) in [4.78, 5) is 34.6. The molecular formula is C20H33N5O3S. The van der Waals surface area contributed by atoms with E-state index in [0.717, 1.165) is 69.8 Å². The van der Waals surface area contributed by atoms with E-state index in [9.17, 15) is 9.59 Å². The summed E-state index contributed by atoms with van der Waals surface area (Å²) in [5.41, 5.74) is 0. The van der Waals surface area contributed by atoms with E-state index in [1.54, 1.807) is 11.1 Å². The minimum Gasteiger partial charge on any atom is -0.379 e. The van der Waals surface area contributed by atoms with Crippen LogP contribution in [-0.2, 0) is 9.53 Å². The van der Waals surface area contributed by atoms with Gasteiger partial charge in [-0.15, -0.1) is 11.3 Å². The molecule has 9 heteroatoms. The number of amides is 3. The van der Waals surface area contributed by atoms with Crippen LogP contribution in [0.15, 0.2) is 6.20 Å². The molecule has 0 radical (unpaired) electrons. The SMILES string of the molecule is Cc1cnc(NC(=O)CN(CCCN2CCOCC2)C(=O)NC2CCCCC2)s1. The summed E-state index contributed by atoms with van der Waals surface area (Å²) in [5.74, 6) is -0.204. The molecule has 29 heavy (non-hydrogen) atoms. The van der Waals surface area contributed by atoms with Crippen molar-refractivity contribution in [1.82, 2.24) is 20.1 Å². The number of nitrogens with one attached hydrogen (secondary N) is 2. The first-order valence-electron chi connectivity index (χ1n) is 10.7. The molecule has 8 nitrogen and oxygen atoms in total. The molecule has 1 saturated heterocycles. The summed E-state index contributed by atoms with van der Waals surface area (Å²) in [7, 11) is 0. The third-order valence-electron chi connectivity index (χ3n) is 5.43. The normalized spacial score (nSPS) is 18.4. The molecule has 2 heterocycles. The topological polar surface area (TPSA) is 86.8 Å². The van der Waals surface area contributed by atoms with E-state index in [2.05, 4.69) is 20.5 Å². The lowest BCUT2D eigenvalue weighted by Gasteiger charge is -2.30. The zero-order valence-corrected chi connectivity index (χ0v) is 18.1. The van der Waals surface area contributed by atoms with E-state index in [-0.39, 0.29) is 24.5 Å². The maximum atomic E-state index is 12.9. The molecule has 0 aromatic carbocycles. The Bertz CT molecular complexity index is 656. The molecule has 2 N–H and O–H groups in total. The summed E-state index contributed by atoms with van der Waals surface area (Å²) in [6.07, 6.45) is 8.18. The molecular weight excluding hydrogens is 390 g/mol. The lowest BCUT2D eigenvalue weighted by atomic mass is 9.96. The Morgan fingerprint density at radius 2 is 2.03 bits per heavy atom. The minimum atomic E-state index is -0.204. The van der Waals surface area contributed by atoms with Crippen molar-refractivity contribution in [3.63, 3.8) is 0 Å². The number of carbonyl (C=O) groups excluding carboxylic acids is 2. The number of hydrogen-bond acceptors (Lipinski definition) is 6. The van der Waals surface area contributed by atoms with Crippen molar-refractivity contribution in [3.05, 3.63) is 11.1 Å². The molecule has 0 spiro atoms. The number of rotatable bonds is 8. The zero-order valence-electron chi connectivity index (χ0n) is 17.3. The van der Waals surface area contributed by atoms with E-state index >= 15 is 0 Å². The van der Waals surface area contributed by atoms with Crippen molar-refractivity contribution in [2.75, 3.05) is 51.3 Å². The van der Waals surface area contributed by atoms with Crippen LogP contribution in [0.5, 0.6) is 0 Å². The van der Waals surface area contributed by atoms with E-state index in [1.165, 1.54) is 17.8 Å². The van der Waals surface area contributed by atoms with Gasteiger partial charge in [0.2, 0.25) is 5.91 Å². The van der Waals surface area contributed by atoms with Gasteiger partial charge in [0.05, 0.1) is 13.2 Å². The van der Waals surface area contributed by atoms with Crippen molar-refractivity contribution in [2.45, 2.75) is 51.5 Å². The summed E-state index contributed by atoms with van der Waals surface area (Å²) < 4.78 is 5.39. The Hall–Kier alpha value is -1.71. The van der Waals surface area contributed by atoms with Crippen LogP contribution in [0.3, 0.4) is 0 Å². The number of carbonyl (C=O) groups is 2. The van der Waals surface area contributed by atoms with E-state index in [0.29, 0.717) is 11.7 Å². The van der Waals surface area contributed by atoms with Crippen LogP contribution in [0.25, 0.3) is 0 Å². The number of morpholine rings is 1. The predicted octanol–water partition coefficient (Wildman–Crippen LogP) is 2.46. The molecule has 162 valence electrons. The number of hydrogen-bond donors (Lipinski definition) is 2. The molecule has 1 aromatic heterocycles. The molecule has 0 atom stereocenters. The first-order valence-corrected chi connectivity index (χ1v) is 11.5. The molecule has 1 saturated carbocycles. The average molecular weight is 424 g/mol. The van der Waals surface area contributed by atoms with Crippen LogP contribution < -0.4 is 10.6 Å². The highest BCUT2D eigenvalue weighted by Gasteiger charge is 2.22. The Balaban J connectivity index is 1.51. The summed E-state index contributed by atoms with van der Waals surface area (Å²) in [5, 5.41) is 6.53. The number of anilines is 1. The highest BCUT2D eigenvalue weighted by Crippen LogP contribution is 2.18. The minimum absolute atomic E-state index is 0.0420. The summed E-state index contributed by atoms with van der Waals surface area (Å²) >= 11 is 1.44. The number of urea groups is 1. The predicted molar refractivity (Wildman–Crippen MR) is 114 cm³/mol. The van der Waals surface area contributed by atoms with Gasteiger partial charge in [-0.1, -0.05) is 19.3 Å². The second-order valence-electron chi connectivity index (χ2n) is 7.84. The largest absolute Gasteiger partial charge is 0.379 e. The number of ether oxygens (including phenoxy) is 1. The van der Waals surface area contributed by atoms with Crippen LogP contribution >= 0.6 is 11.3 Å². The van der Waals surface area contributed by atoms with Crippen molar-refractivity contribution in [3.8, 4) is 0 Å². The van der Waals surface area contributed by atoms with E-state index < -0.39 is 0 Å². The van der Waals surface area contributed by atoms with Gasteiger partial charge in [-0.2, -0.15) is 0 Å². The fraction of sp³-hybridized carbons (Fsp3) is 0.750. The van der Waals surface area contributed by atoms with Gasteiger partial charge >= 0.3 is 6.03 Å². The fourth-order valence-corrected chi connectivity index (χ4v) is 4.50. The molecule has 0 unspecified atom stereocenters. The van der Waals surface area contributed by atoms with Crippen LogP contribution in [-0.4, -0.2) is 78.7 Å². The Morgan fingerprint density at radius 1 is 1.28 bits per heavy atom. The lowest BCUT2D eigenvalue weighted by Crippen LogP contribution is -2.49. The third kappa shape index (κ3) is 7.56. The average Bonchev–Trinajstić information content (AvgIpc) is 3.13. The van der Waals surface area contributed by atoms with Crippen LogP contribution in [0.1, 0.15) is 43.4 Å². The van der Waals surface area contributed by atoms with Crippen molar-refractivity contribution in [2.24, 2.45) is 0 Å². The standard InChI is InChI=1S/C20H33N5O3S/c1-16-14-21-19(29-16)23-18(26)15-25(9-5-8-24-10-12-28-13-11-24)20(27)22-17-6-3-2-4-7-17/h14,17H,2-13,15H2,1H3,(H,22,27)(H,21,23,26). The lowest BCUT2D eigenvalue weighted by molar-refractivity contribution is -0.116. The van der Waals surface area contributed by atoms with Gasteiger partial charge in [0.15, 0.2) is 5.13 Å². The number of thiazole rings is 1. The van der Waals surface area contributed by atoms with Crippen LogP contribution in [0.2, 0.25) is 0 Å². The molecule has 0 bridgehead atoms. The van der Waals surface area contributed by atoms with Gasteiger partial charge in [-0.3, -0.25) is 9.69 Å². The number of nitrogens with zero attached hydrogens (tertiary/aromatic N) is 3. The van der Waals surface area contributed by atoms with Crippen molar-refractivity contribution >= 4 is 28.4 Å². The quantitative estimate of drug-likeness (QED) is 0.671. The third-order valence-corrected chi connectivity index (χ3v) is 6.26. The van der Waals surface area contributed by atoms with Gasteiger partial charge in [-0.25, -0.2) is 9.78 Å². The smallest absolute Gasteiger partial charge is 0.318 e. The van der Waals surface area contributed by atoms with Crippen molar-refractivity contribution in [1.29, 1.82) is 0 Å². The summed E-state index contributed by atoms with van der Waals surface area (Å²) in [6.45, 7) is 6.84. The zero-order chi connectivity index (χ0) is 20.5. The van der Waals surface area contributed by atoms with Gasteiger partial charge in [0, 0.05) is 43.3 Å². The van der Waals surface area contributed by atoms with Gasteiger partial charge < -0.3 is 20.3 Å². The first-order chi connectivity index (χ1) is 14.1. The Morgan fingerprint density at radius 3 is 2.72 bits per heavy atom. The highest BCUT2D eigenvalue weighted by molar-refractivity contribution is 7.15. The van der Waals surface area contributed by atoms with Crippen LogP contribution in [0, 0.1) is 6.92 Å². The molecule has 2 aliphatic rings. The maximum absolute atomic E-state index is 12.9. The van der Waals surface area contributed by atoms with Crippen molar-refractivity contribution < 1.29 is 14.3 Å². The number of aromatic nitrogens is 1. The van der Waals surface area contributed by atoms with Crippen LogP contribution in [0.4, 0.5) is 9.93 Å². The second kappa shape index (κ2) is 11.5. The van der Waals surface area contributed by atoms with E-state index in [1.807, 2.05) is 6.92 Å². The Labute approximate surface area is 177 Å². The summed E-state index contributed by atoms with van der Waals surface area (Å²) in [6, 6.07) is 0.0898. The second-order valence-corrected chi connectivity index (χ2v) is 9.07. The fourth-order valence-electron chi connectivity index (χ4n) is 3.82. The Kier molecular flexibility index (Phi) is 8.69. The first kappa shape index (κ1) is 22.0. The molecule has 3 rings (SSSR count). The van der Waals surface area contributed by atoms with Gasteiger partial charge in [0.25, 0.3) is 0 Å². The van der Waals surface area contributed by atoms with Gasteiger partial charge in [-0.05, 0) is 26.2 Å². The molecule has 2 fully saturated rings. The maximum Gasteiger partial charge on any atom is 0.318 e. The molecule has 3 amide bonds. The van der Waals surface area contributed by atoms with E-state index in [4.69, 9.17) is 4.74 Å². The highest BCUT2D eigenvalue weighted by atomic mass is 32.1. The number of aryl methyl sites for hydroxylation is 1.